The van der Waals surface area contributed by atoms with Crippen molar-refractivity contribution in [1.82, 2.24) is 9.78 Å². The minimum absolute atomic E-state index is 0.188. The van der Waals surface area contributed by atoms with Crippen LogP contribution in [-0.4, -0.2) is 15.7 Å². The van der Waals surface area contributed by atoms with Crippen LogP contribution in [0.4, 0.5) is 5.69 Å². The number of halogens is 1. The third kappa shape index (κ3) is 4.14. The molecule has 0 aliphatic carbocycles. The molecule has 0 bridgehead atoms. The van der Waals surface area contributed by atoms with Crippen LogP contribution in [-0.2, 0) is 11.3 Å². The molecule has 1 N–H and O–H groups in total. The van der Waals surface area contributed by atoms with Crippen LogP contribution in [0.5, 0.6) is 0 Å². The number of fused-ring (bicyclic) bond motifs is 1. The van der Waals surface area contributed by atoms with Gasteiger partial charge in [-0.05, 0) is 47.9 Å². The summed E-state index contributed by atoms with van der Waals surface area (Å²) in [5.74, 6) is -0.188. The van der Waals surface area contributed by atoms with Gasteiger partial charge in [0.05, 0.1) is 23.6 Å². The molecule has 0 spiro atoms. The normalized spacial score (nSPS) is 11.3. The number of anilines is 1. The molecule has 5 heteroatoms. The van der Waals surface area contributed by atoms with E-state index < -0.39 is 0 Å². The van der Waals surface area contributed by atoms with E-state index in [-0.39, 0.29) is 5.91 Å². The predicted molar refractivity (Wildman–Crippen MR) is 124 cm³/mol. The van der Waals surface area contributed by atoms with Crippen molar-refractivity contribution in [3.05, 3.63) is 100 Å². The van der Waals surface area contributed by atoms with E-state index in [1.807, 2.05) is 73.1 Å². The molecule has 150 valence electrons. The number of benzene rings is 3. The van der Waals surface area contributed by atoms with Crippen LogP contribution in [0.3, 0.4) is 0 Å². The highest BCUT2D eigenvalue weighted by Gasteiger charge is 2.14. The minimum atomic E-state index is -0.188. The lowest BCUT2D eigenvalue weighted by Gasteiger charge is -2.07. The number of carbonyl (C=O) groups is 1. The van der Waals surface area contributed by atoms with Gasteiger partial charge < -0.3 is 5.32 Å². The maximum atomic E-state index is 12.6. The summed E-state index contributed by atoms with van der Waals surface area (Å²) in [6.45, 7) is 4.38. The fourth-order valence-electron chi connectivity index (χ4n) is 3.55. The number of nitrogens with zero attached hydrogens (tertiary/aromatic N) is 2. The van der Waals surface area contributed by atoms with Gasteiger partial charge in [0.25, 0.3) is 0 Å². The fraction of sp³-hybridized carbons (Fsp3) is 0.120. The number of hydrogen-bond donors (Lipinski definition) is 1. The van der Waals surface area contributed by atoms with Crippen LogP contribution >= 0.6 is 11.6 Å². The van der Waals surface area contributed by atoms with E-state index in [1.54, 1.807) is 6.08 Å². The number of nitrogens with one attached hydrogen (secondary N) is 1. The van der Waals surface area contributed by atoms with Crippen molar-refractivity contribution < 1.29 is 4.79 Å². The molecule has 0 saturated heterocycles. The number of aryl methyl sites for hydroxylation is 1. The quantitative estimate of drug-likeness (QED) is 0.406. The Balaban J connectivity index is 1.53. The largest absolute Gasteiger partial charge is 0.319 e. The van der Waals surface area contributed by atoms with Gasteiger partial charge in [-0.1, -0.05) is 72.3 Å². The molecule has 0 atom stereocenters. The van der Waals surface area contributed by atoms with Crippen molar-refractivity contribution in [2.75, 3.05) is 5.32 Å². The summed E-state index contributed by atoms with van der Waals surface area (Å²) in [5.41, 5.74) is 4.38. The second-order valence-electron chi connectivity index (χ2n) is 7.19. The zero-order valence-electron chi connectivity index (χ0n) is 16.9. The molecular weight excluding hydrogens is 394 g/mol. The standard InChI is InChI=1S/C25H22ClN3O/c1-17-25(18(2)29(28-17)16-21-9-4-6-13-23(21)26)27-24(30)15-14-20-11-7-10-19-8-3-5-12-22(19)20/h3-15H,16H2,1-2H3,(H,27,30). The van der Waals surface area contributed by atoms with Crippen LogP contribution in [0.1, 0.15) is 22.5 Å². The number of amides is 1. The van der Waals surface area contributed by atoms with Crippen molar-refractivity contribution in [2.45, 2.75) is 20.4 Å². The van der Waals surface area contributed by atoms with Gasteiger partial charge in [-0.2, -0.15) is 5.10 Å². The number of aromatic nitrogens is 2. The first-order chi connectivity index (χ1) is 14.5. The number of hydrogen-bond acceptors (Lipinski definition) is 2. The Kier molecular flexibility index (Phi) is 5.68. The molecule has 1 aromatic heterocycles. The Morgan fingerprint density at radius 3 is 2.60 bits per heavy atom. The maximum Gasteiger partial charge on any atom is 0.248 e. The number of carbonyl (C=O) groups excluding carboxylic acids is 1. The molecule has 30 heavy (non-hydrogen) atoms. The molecule has 0 saturated carbocycles. The van der Waals surface area contributed by atoms with Gasteiger partial charge in [-0.25, -0.2) is 0 Å². The average Bonchev–Trinajstić information content (AvgIpc) is 3.01. The van der Waals surface area contributed by atoms with Crippen LogP contribution in [0.25, 0.3) is 16.8 Å². The van der Waals surface area contributed by atoms with Crippen molar-refractivity contribution in [2.24, 2.45) is 0 Å². The molecule has 0 fully saturated rings. The maximum absolute atomic E-state index is 12.6. The molecule has 1 heterocycles. The highest BCUT2D eigenvalue weighted by molar-refractivity contribution is 6.31. The summed E-state index contributed by atoms with van der Waals surface area (Å²) in [4.78, 5) is 12.6. The summed E-state index contributed by atoms with van der Waals surface area (Å²) >= 11 is 6.28. The first-order valence-corrected chi connectivity index (χ1v) is 10.1. The lowest BCUT2D eigenvalue weighted by Crippen LogP contribution is -2.10. The van der Waals surface area contributed by atoms with E-state index in [0.29, 0.717) is 11.6 Å². The highest BCUT2D eigenvalue weighted by Crippen LogP contribution is 2.23. The van der Waals surface area contributed by atoms with Crippen LogP contribution < -0.4 is 5.32 Å². The predicted octanol–water partition coefficient (Wildman–Crippen LogP) is 6.01. The van der Waals surface area contributed by atoms with Gasteiger partial charge in [0.2, 0.25) is 5.91 Å². The molecule has 4 nitrogen and oxygen atoms in total. The smallest absolute Gasteiger partial charge is 0.248 e. The molecule has 0 aliphatic heterocycles. The molecule has 1 amide bonds. The average molecular weight is 416 g/mol. The minimum Gasteiger partial charge on any atom is -0.319 e. The summed E-state index contributed by atoms with van der Waals surface area (Å²) in [6, 6.07) is 21.9. The van der Waals surface area contributed by atoms with E-state index >= 15 is 0 Å². The molecule has 4 rings (SSSR count). The van der Waals surface area contributed by atoms with E-state index in [2.05, 4.69) is 28.6 Å². The van der Waals surface area contributed by atoms with Crippen molar-refractivity contribution in [3.8, 4) is 0 Å². The Bertz CT molecular complexity index is 1250. The van der Waals surface area contributed by atoms with Gasteiger partial charge in [0, 0.05) is 11.1 Å². The lowest BCUT2D eigenvalue weighted by molar-refractivity contribution is -0.111. The first kappa shape index (κ1) is 19.9. The van der Waals surface area contributed by atoms with Gasteiger partial charge in [0.1, 0.15) is 0 Å². The monoisotopic (exact) mass is 415 g/mol. The SMILES string of the molecule is Cc1nn(Cc2ccccc2Cl)c(C)c1NC(=O)C=Cc1cccc2ccccc12. The Morgan fingerprint density at radius 1 is 1.03 bits per heavy atom. The van der Waals surface area contributed by atoms with Crippen molar-refractivity contribution in [1.29, 1.82) is 0 Å². The second kappa shape index (κ2) is 8.56. The first-order valence-electron chi connectivity index (χ1n) is 9.77. The summed E-state index contributed by atoms with van der Waals surface area (Å²) in [7, 11) is 0. The Morgan fingerprint density at radius 2 is 1.77 bits per heavy atom. The molecule has 0 aliphatic rings. The third-order valence-electron chi connectivity index (χ3n) is 5.15. The van der Waals surface area contributed by atoms with E-state index in [4.69, 9.17) is 11.6 Å². The second-order valence-corrected chi connectivity index (χ2v) is 7.59. The Labute approximate surface area is 180 Å². The zero-order chi connectivity index (χ0) is 21.1. The Hall–Kier alpha value is -3.37. The molecule has 3 aromatic carbocycles. The summed E-state index contributed by atoms with van der Waals surface area (Å²) in [6.07, 6.45) is 3.41. The topological polar surface area (TPSA) is 46.9 Å². The zero-order valence-corrected chi connectivity index (χ0v) is 17.6. The molecule has 0 unspecified atom stereocenters. The summed E-state index contributed by atoms with van der Waals surface area (Å²) in [5, 5.41) is 10.5. The van der Waals surface area contributed by atoms with Gasteiger partial charge in [-0.15, -0.1) is 0 Å². The van der Waals surface area contributed by atoms with Crippen LogP contribution in [0.2, 0.25) is 5.02 Å². The van der Waals surface area contributed by atoms with E-state index in [1.165, 1.54) is 0 Å². The molecular formula is C25H22ClN3O. The van der Waals surface area contributed by atoms with Gasteiger partial charge in [0.15, 0.2) is 0 Å². The van der Waals surface area contributed by atoms with Crippen LogP contribution in [0, 0.1) is 13.8 Å². The lowest BCUT2D eigenvalue weighted by atomic mass is 10.0. The third-order valence-corrected chi connectivity index (χ3v) is 5.51. The summed E-state index contributed by atoms with van der Waals surface area (Å²) < 4.78 is 1.86. The molecule has 4 aromatic rings. The van der Waals surface area contributed by atoms with Crippen molar-refractivity contribution >= 4 is 40.0 Å². The fourth-order valence-corrected chi connectivity index (χ4v) is 3.74. The van der Waals surface area contributed by atoms with Gasteiger partial charge >= 0.3 is 0 Å². The van der Waals surface area contributed by atoms with Gasteiger partial charge in [-0.3, -0.25) is 9.48 Å². The van der Waals surface area contributed by atoms with E-state index in [0.717, 1.165) is 39.0 Å². The van der Waals surface area contributed by atoms with E-state index in [9.17, 15) is 4.79 Å². The van der Waals surface area contributed by atoms with Crippen molar-refractivity contribution in [3.63, 3.8) is 0 Å². The highest BCUT2D eigenvalue weighted by atomic mass is 35.5. The molecule has 0 radical (unpaired) electrons. The van der Waals surface area contributed by atoms with Crippen LogP contribution in [0.15, 0.2) is 72.8 Å². The number of rotatable bonds is 5.